The van der Waals surface area contributed by atoms with Crippen LogP contribution in [0.5, 0.6) is 17.2 Å². The Labute approximate surface area is 188 Å². The molecule has 4 nitrogen and oxygen atoms in total. The minimum atomic E-state index is -0.391. The van der Waals surface area contributed by atoms with Gasteiger partial charge in [0.25, 0.3) is 0 Å². The van der Waals surface area contributed by atoms with Crippen LogP contribution in [0.3, 0.4) is 0 Å². The summed E-state index contributed by atoms with van der Waals surface area (Å²) in [5.74, 6) is 1.75. The van der Waals surface area contributed by atoms with E-state index >= 15 is 0 Å². The highest BCUT2D eigenvalue weighted by Gasteiger charge is 2.22. The number of rotatable bonds is 8. The lowest BCUT2D eigenvalue weighted by Crippen LogP contribution is -2.22. The summed E-state index contributed by atoms with van der Waals surface area (Å²) in [6.45, 7) is 2.58. The van der Waals surface area contributed by atoms with Crippen LogP contribution in [0.1, 0.15) is 24.0 Å². The summed E-state index contributed by atoms with van der Waals surface area (Å²) >= 11 is 0. The molecule has 0 bridgehead atoms. The molecule has 0 aliphatic heterocycles. The van der Waals surface area contributed by atoms with E-state index in [1.165, 1.54) is 0 Å². The maximum absolute atomic E-state index is 13.2. The van der Waals surface area contributed by atoms with Gasteiger partial charge in [0, 0.05) is 5.69 Å². The first-order valence-electron chi connectivity index (χ1n) is 10.6. The third-order valence-corrected chi connectivity index (χ3v) is 5.02. The second-order valence-corrected chi connectivity index (χ2v) is 7.27. The van der Waals surface area contributed by atoms with Crippen LogP contribution >= 0.6 is 0 Å². The van der Waals surface area contributed by atoms with Crippen molar-refractivity contribution in [1.82, 2.24) is 0 Å². The van der Waals surface area contributed by atoms with Crippen LogP contribution in [0.15, 0.2) is 109 Å². The number of benzene rings is 4. The van der Waals surface area contributed by atoms with Gasteiger partial charge in [-0.3, -0.25) is 4.79 Å². The first kappa shape index (κ1) is 21.2. The van der Waals surface area contributed by atoms with Crippen molar-refractivity contribution in [3.8, 4) is 17.2 Å². The predicted octanol–water partition coefficient (Wildman–Crippen LogP) is 6.65. The number of nitrogens with one attached hydrogen (secondary N) is 1. The third-order valence-electron chi connectivity index (χ3n) is 5.02. The lowest BCUT2D eigenvalue weighted by atomic mass is 9.90. The van der Waals surface area contributed by atoms with Gasteiger partial charge in [-0.1, -0.05) is 60.7 Å². The zero-order valence-corrected chi connectivity index (χ0v) is 17.9. The van der Waals surface area contributed by atoms with E-state index in [-0.39, 0.29) is 5.91 Å². The van der Waals surface area contributed by atoms with Crippen molar-refractivity contribution in [1.29, 1.82) is 0 Å². The van der Waals surface area contributed by atoms with Crippen molar-refractivity contribution in [2.45, 2.75) is 12.8 Å². The van der Waals surface area contributed by atoms with Gasteiger partial charge < -0.3 is 14.8 Å². The van der Waals surface area contributed by atoms with Crippen LogP contribution in [-0.2, 0) is 4.79 Å². The van der Waals surface area contributed by atoms with Crippen molar-refractivity contribution in [2.75, 3.05) is 11.9 Å². The minimum Gasteiger partial charge on any atom is -0.494 e. The fourth-order valence-corrected chi connectivity index (χ4v) is 3.51. The SMILES string of the molecule is CCOc1ccc(Oc2ccc(NC(=O)C(c3ccccc3)c3ccccc3)cc2)cc1. The van der Waals surface area contributed by atoms with Crippen LogP contribution in [0, 0.1) is 0 Å². The molecule has 4 rings (SSSR count). The molecule has 1 N–H and O–H groups in total. The largest absolute Gasteiger partial charge is 0.494 e. The molecule has 4 aromatic carbocycles. The maximum atomic E-state index is 13.2. The molecule has 0 atom stereocenters. The molecule has 0 aliphatic rings. The highest BCUT2D eigenvalue weighted by Crippen LogP contribution is 2.28. The molecule has 4 aromatic rings. The van der Waals surface area contributed by atoms with E-state index in [2.05, 4.69) is 5.32 Å². The number of hydrogen-bond donors (Lipinski definition) is 1. The minimum absolute atomic E-state index is 0.0809. The van der Waals surface area contributed by atoms with Crippen LogP contribution in [0.2, 0.25) is 0 Å². The average Bonchev–Trinajstić information content (AvgIpc) is 2.83. The summed E-state index contributed by atoms with van der Waals surface area (Å²) < 4.78 is 11.3. The van der Waals surface area contributed by atoms with Gasteiger partial charge in [-0.2, -0.15) is 0 Å². The molecule has 0 fully saturated rings. The standard InChI is InChI=1S/C28H25NO3/c1-2-31-24-17-19-26(20-18-24)32-25-15-13-23(14-16-25)29-28(30)27(21-9-5-3-6-10-21)22-11-7-4-8-12-22/h3-20,27H,2H2,1H3,(H,29,30). The monoisotopic (exact) mass is 423 g/mol. The van der Waals surface area contributed by atoms with E-state index in [4.69, 9.17) is 9.47 Å². The number of ether oxygens (including phenoxy) is 2. The predicted molar refractivity (Wildman–Crippen MR) is 127 cm³/mol. The molecule has 0 heterocycles. The zero-order chi connectivity index (χ0) is 22.2. The summed E-state index contributed by atoms with van der Waals surface area (Å²) in [6, 6.07) is 34.5. The first-order valence-corrected chi connectivity index (χ1v) is 10.6. The van der Waals surface area contributed by atoms with Gasteiger partial charge >= 0.3 is 0 Å². The molecule has 0 radical (unpaired) electrons. The summed E-state index contributed by atoms with van der Waals surface area (Å²) in [5, 5.41) is 3.04. The lowest BCUT2D eigenvalue weighted by Gasteiger charge is -2.18. The highest BCUT2D eigenvalue weighted by molar-refractivity contribution is 5.98. The Balaban J connectivity index is 1.46. The number of carbonyl (C=O) groups is 1. The molecule has 0 spiro atoms. The Kier molecular flexibility index (Phi) is 6.83. The van der Waals surface area contributed by atoms with Crippen molar-refractivity contribution < 1.29 is 14.3 Å². The summed E-state index contributed by atoms with van der Waals surface area (Å²) in [6.07, 6.45) is 0. The number of amides is 1. The van der Waals surface area contributed by atoms with Crippen molar-refractivity contribution >= 4 is 11.6 Å². The lowest BCUT2D eigenvalue weighted by molar-refractivity contribution is -0.116. The summed E-state index contributed by atoms with van der Waals surface area (Å²) in [5.41, 5.74) is 2.62. The van der Waals surface area contributed by atoms with E-state index in [0.717, 1.165) is 22.6 Å². The Hall–Kier alpha value is -4.05. The molecule has 0 aliphatic carbocycles. The van der Waals surface area contributed by atoms with Gasteiger partial charge in [0.1, 0.15) is 17.2 Å². The first-order chi connectivity index (χ1) is 15.7. The average molecular weight is 424 g/mol. The highest BCUT2D eigenvalue weighted by atomic mass is 16.5. The summed E-state index contributed by atoms with van der Waals surface area (Å²) in [4.78, 5) is 13.2. The van der Waals surface area contributed by atoms with E-state index in [1.54, 1.807) is 0 Å². The van der Waals surface area contributed by atoms with Crippen molar-refractivity contribution in [3.05, 3.63) is 120 Å². The van der Waals surface area contributed by atoms with Crippen LogP contribution in [0.25, 0.3) is 0 Å². The van der Waals surface area contributed by atoms with Crippen LogP contribution in [0.4, 0.5) is 5.69 Å². The van der Waals surface area contributed by atoms with Crippen molar-refractivity contribution in [2.24, 2.45) is 0 Å². The van der Waals surface area contributed by atoms with Gasteiger partial charge in [-0.05, 0) is 66.6 Å². The number of hydrogen-bond acceptors (Lipinski definition) is 3. The summed E-state index contributed by atoms with van der Waals surface area (Å²) in [7, 11) is 0. The van der Waals surface area contributed by atoms with Gasteiger partial charge in [-0.25, -0.2) is 0 Å². The van der Waals surface area contributed by atoms with E-state index < -0.39 is 5.92 Å². The molecule has 0 saturated carbocycles. The molecule has 1 amide bonds. The zero-order valence-electron chi connectivity index (χ0n) is 17.9. The second-order valence-electron chi connectivity index (χ2n) is 7.27. The Morgan fingerprint density at radius 2 is 1.16 bits per heavy atom. The quantitative estimate of drug-likeness (QED) is 0.345. The fourth-order valence-electron chi connectivity index (χ4n) is 3.51. The van der Waals surface area contributed by atoms with E-state index in [1.807, 2.05) is 116 Å². The van der Waals surface area contributed by atoms with Crippen molar-refractivity contribution in [3.63, 3.8) is 0 Å². The van der Waals surface area contributed by atoms with Gasteiger partial charge in [0.2, 0.25) is 5.91 Å². The smallest absolute Gasteiger partial charge is 0.236 e. The van der Waals surface area contributed by atoms with Crippen LogP contribution < -0.4 is 14.8 Å². The molecule has 0 aromatic heterocycles. The van der Waals surface area contributed by atoms with Gasteiger partial charge in [-0.15, -0.1) is 0 Å². The molecule has 160 valence electrons. The Morgan fingerprint density at radius 1 is 0.688 bits per heavy atom. The molecular weight excluding hydrogens is 398 g/mol. The maximum Gasteiger partial charge on any atom is 0.236 e. The Bertz CT molecular complexity index is 1090. The molecular formula is C28H25NO3. The van der Waals surface area contributed by atoms with Gasteiger partial charge in [0.05, 0.1) is 12.5 Å². The fraction of sp³-hybridized carbons (Fsp3) is 0.107. The molecule has 0 unspecified atom stereocenters. The van der Waals surface area contributed by atoms with E-state index in [9.17, 15) is 4.79 Å². The molecule has 0 saturated heterocycles. The molecule has 32 heavy (non-hydrogen) atoms. The molecule has 4 heteroatoms. The van der Waals surface area contributed by atoms with Gasteiger partial charge in [0.15, 0.2) is 0 Å². The normalized spacial score (nSPS) is 10.6. The number of anilines is 1. The topological polar surface area (TPSA) is 47.6 Å². The Morgan fingerprint density at radius 3 is 1.66 bits per heavy atom. The van der Waals surface area contributed by atoms with E-state index in [0.29, 0.717) is 18.0 Å². The second kappa shape index (κ2) is 10.3. The third kappa shape index (κ3) is 5.35. The number of carbonyl (C=O) groups excluding carboxylic acids is 1. The van der Waals surface area contributed by atoms with Crippen LogP contribution in [-0.4, -0.2) is 12.5 Å².